The summed E-state index contributed by atoms with van der Waals surface area (Å²) in [6, 6.07) is 0. The van der Waals surface area contributed by atoms with Crippen molar-refractivity contribution in [1.29, 1.82) is 0 Å². The fraction of sp³-hybridized carbons (Fsp3) is 0. The van der Waals surface area contributed by atoms with E-state index in [9.17, 15) is 0 Å². The van der Waals surface area contributed by atoms with Crippen LogP contribution in [0.3, 0.4) is 0 Å². The van der Waals surface area contributed by atoms with Gasteiger partial charge in [0.15, 0.2) is 0 Å². The molecule has 0 unspecified atom stereocenters. The van der Waals surface area contributed by atoms with Gasteiger partial charge in [-0.2, -0.15) is 0 Å². The van der Waals surface area contributed by atoms with Gasteiger partial charge in [-0.3, -0.25) is 0 Å². The van der Waals surface area contributed by atoms with E-state index in [-0.39, 0.29) is 80.8 Å². The third kappa shape index (κ3) is 8.82. The summed E-state index contributed by atoms with van der Waals surface area (Å²) in [5.41, 5.74) is 0. The van der Waals surface area contributed by atoms with E-state index >= 15 is 0 Å². The fourth-order valence-electron chi connectivity index (χ4n) is 0. The van der Waals surface area contributed by atoms with Gasteiger partial charge in [-0.15, -0.1) is 0 Å². The van der Waals surface area contributed by atoms with Gasteiger partial charge >= 0.3 is 0 Å². The molecule has 0 aliphatic carbocycles. The first-order chi connectivity index (χ1) is 0. The fourth-order valence-corrected chi connectivity index (χ4v) is 0. The molecule has 0 aliphatic rings. The molecule has 4 heteroatoms. The Hall–Kier alpha value is 2.61. The molecule has 0 aromatic rings. The minimum absolute atomic E-state index is 0. The van der Waals surface area contributed by atoms with Crippen molar-refractivity contribution in [1.82, 2.24) is 0 Å². The average molecular weight is 393 g/mol. The second kappa shape index (κ2) is 17.5. The normalized spacial score (nSPS) is 0. The molecule has 0 atom stereocenters. The molecule has 0 spiro atoms. The zero-order valence-electron chi connectivity index (χ0n) is 2.42. The second-order valence-corrected chi connectivity index (χ2v) is 0. The van der Waals surface area contributed by atoms with E-state index in [0.29, 0.717) is 0 Å². The molecule has 0 saturated carbocycles. The Morgan fingerprint density at radius 1 is 0.500 bits per heavy atom. The van der Waals surface area contributed by atoms with E-state index in [2.05, 4.69) is 0 Å². The maximum Gasteiger partial charge on any atom is 0 e. The molecule has 0 aromatic carbocycles. The van der Waals surface area contributed by atoms with Crippen LogP contribution >= 0.6 is 0 Å². The topological polar surface area (TPSA) is 0 Å². The summed E-state index contributed by atoms with van der Waals surface area (Å²) >= 11 is 0. The van der Waals surface area contributed by atoms with Gasteiger partial charge in [0.05, 0.1) is 0 Å². The molecular weight excluding hydrogens is 393 g/mol. The summed E-state index contributed by atoms with van der Waals surface area (Å²) < 4.78 is 0. The van der Waals surface area contributed by atoms with Crippen LogP contribution in [0, 0.1) is 0 Å². The van der Waals surface area contributed by atoms with Gasteiger partial charge in [-0.05, 0) is 0 Å². The van der Waals surface area contributed by atoms with Crippen LogP contribution in [0.2, 0.25) is 0 Å². The van der Waals surface area contributed by atoms with Gasteiger partial charge < -0.3 is 0 Å². The third-order valence-corrected chi connectivity index (χ3v) is 0. The smallest absolute Gasteiger partial charge is 0 e. The molecular formula is AuZn3. The van der Waals surface area contributed by atoms with E-state index in [4.69, 9.17) is 0 Å². The van der Waals surface area contributed by atoms with E-state index in [1.54, 1.807) is 0 Å². The minimum atomic E-state index is 0. The number of hydrogen-bond acceptors (Lipinski definition) is 0. The van der Waals surface area contributed by atoms with Crippen LogP contribution in [0.15, 0.2) is 0 Å². The largest absolute Gasteiger partial charge is 0 e. The molecule has 0 saturated heterocycles. The molecule has 4 heavy (non-hydrogen) atoms. The Kier molecular flexibility index (Phi) is 134. The predicted octanol–water partition coefficient (Wildman–Crippen LogP) is -0.0100. The van der Waals surface area contributed by atoms with Crippen LogP contribution in [-0.4, -0.2) is 0 Å². The predicted molar refractivity (Wildman–Crippen MR) is 0 cm³/mol. The first-order valence-corrected chi connectivity index (χ1v) is 0. The van der Waals surface area contributed by atoms with Gasteiger partial charge in [0.2, 0.25) is 0 Å². The monoisotopic (exact) mass is 389 g/mol. The number of rotatable bonds is 0. The zero-order chi connectivity index (χ0) is 0. The van der Waals surface area contributed by atoms with E-state index in [1.807, 2.05) is 0 Å². The minimum Gasteiger partial charge on any atom is 0 e. The first-order valence-electron chi connectivity index (χ1n) is 0. The van der Waals surface area contributed by atoms with Gasteiger partial charge in [0.1, 0.15) is 0 Å². The van der Waals surface area contributed by atoms with E-state index in [1.165, 1.54) is 0 Å². The second-order valence-electron chi connectivity index (χ2n) is 0. The molecule has 0 bridgehead atoms. The van der Waals surface area contributed by atoms with Crippen molar-refractivity contribution in [2.45, 2.75) is 0 Å². The van der Waals surface area contributed by atoms with Crippen LogP contribution in [0.5, 0.6) is 0 Å². The van der Waals surface area contributed by atoms with E-state index < -0.39 is 0 Å². The molecule has 0 nitrogen and oxygen atoms in total. The van der Waals surface area contributed by atoms with Crippen molar-refractivity contribution in [2.75, 3.05) is 0 Å². The SMILES string of the molecule is [Au].[Zn].[Zn].[Zn]. The summed E-state index contributed by atoms with van der Waals surface area (Å²) in [6.07, 6.45) is 0. The molecule has 0 aromatic heterocycles. The Morgan fingerprint density at radius 3 is 0.500 bits per heavy atom. The van der Waals surface area contributed by atoms with Crippen molar-refractivity contribution < 1.29 is 80.8 Å². The van der Waals surface area contributed by atoms with Gasteiger partial charge in [-0.1, -0.05) is 0 Å². The molecule has 0 rings (SSSR count). The molecule has 17 valence electrons. The summed E-state index contributed by atoms with van der Waals surface area (Å²) in [5.74, 6) is 0. The van der Waals surface area contributed by atoms with Crippen molar-refractivity contribution in [3.63, 3.8) is 0 Å². The summed E-state index contributed by atoms with van der Waals surface area (Å²) in [5, 5.41) is 0. The van der Waals surface area contributed by atoms with Crippen molar-refractivity contribution in [3.05, 3.63) is 0 Å². The molecule has 1 radical (unpaired) electrons. The Balaban J connectivity index is 0. The standard InChI is InChI=1S/Au.3Zn. The van der Waals surface area contributed by atoms with Crippen molar-refractivity contribution in [2.24, 2.45) is 0 Å². The van der Waals surface area contributed by atoms with Crippen molar-refractivity contribution in [3.8, 4) is 0 Å². The molecule has 0 aliphatic heterocycles. The molecule has 0 heterocycles. The van der Waals surface area contributed by atoms with Crippen LogP contribution in [-0.2, 0) is 80.8 Å². The Bertz CT molecular complexity index is 3.25. The maximum absolute atomic E-state index is 0. The average Bonchev–Trinajstić information content (AvgIpc) is 0. The molecule has 0 fully saturated rings. The Labute approximate surface area is 79.7 Å². The van der Waals surface area contributed by atoms with Crippen LogP contribution < -0.4 is 0 Å². The summed E-state index contributed by atoms with van der Waals surface area (Å²) in [4.78, 5) is 0. The zero-order valence-corrected chi connectivity index (χ0v) is 13.5. The quantitative estimate of drug-likeness (QED) is 0.509. The maximum atomic E-state index is 0. The molecule has 0 amide bonds. The van der Waals surface area contributed by atoms with Gasteiger partial charge in [-0.25, -0.2) is 0 Å². The van der Waals surface area contributed by atoms with Crippen molar-refractivity contribution >= 4 is 0 Å². The Morgan fingerprint density at radius 2 is 0.500 bits per heavy atom. The number of hydrogen-bond donors (Lipinski definition) is 0. The third-order valence-electron chi connectivity index (χ3n) is 0. The van der Waals surface area contributed by atoms with Crippen LogP contribution in [0.4, 0.5) is 0 Å². The first kappa shape index (κ1) is 30.5. The summed E-state index contributed by atoms with van der Waals surface area (Å²) in [7, 11) is 0. The van der Waals surface area contributed by atoms with Gasteiger partial charge in [0.25, 0.3) is 0 Å². The van der Waals surface area contributed by atoms with Crippen LogP contribution in [0.25, 0.3) is 0 Å². The van der Waals surface area contributed by atoms with Gasteiger partial charge in [0, 0.05) is 80.8 Å². The van der Waals surface area contributed by atoms with E-state index in [0.717, 1.165) is 0 Å². The van der Waals surface area contributed by atoms with Crippen LogP contribution in [0.1, 0.15) is 0 Å². The molecule has 0 N–H and O–H groups in total. The summed E-state index contributed by atoms with van der Waals surface area (Å²) in [6.45, 7) is 0.